The van der Waals surface area contributed by atoms with Crippen molar-refractivity contribution in [2.24, 2.45) is 0 Å². The van der Waals surface area contributed by atoms with E-state index in [1.54, 1.807) is 4.90 Å². The van der Waals surface area contributed by atoms with E-state index < -0.39 is 0 Å². The van der Waals surface area contributed by atoms with Crippen LogP contribution in [0.5, 0.6) is 5.75 Å². The number of ether oxygens (including phenoxy) is 2. The topological polar surface area (TPSA) is 89.7 Å². The van der Waals surface area contributed by atoms with Gasteiger partial charge < -0.3 is 24.2 Å². The molecule has 2 aliphatic rings. The van der Waals surface area contributed by atoms with Crippen molar-refractivity contribution < 1.29 is 18.8 Å². The predicted molar refractivity (Wildman–Crippen MR) is 122 cm³/mol. The molecule has 8 heteroatoms. The lowest BCUT2D eigenvalue weighted by molar-refractivity contribution is 0.0445. The first-order chi connectivity index (χ1) is 16.2. The van der Waals surface area contributed by atoms with Crippen molar-refractivity contribution in [2.75, 3.05) is 32.8 Å². The maximum Gasteiger partial charge on any atom is 0.317 e. The standard InChI is InChI=1S/C25H28N4O4/c30-25(26-13-10-18-4-2-1-3-5-18)29-16-22(17-29)32-21-8-6-19(7-9-21)23-27-24(33-28-23)20-11-14-31-15-12-20/h1-9,20,22H,10-17H2,(H,26,30). The SMILES string of the molecule is O=C(NCCc1ccccc1)N1CC(Oc2ccc(-c3noc(C4CCOCC4)n3)cc2)C1. The van der Waals surface area contributed by atoms with Crippen molar-refractivity contribution in [3.63, 3.8) is 0 Å². The minimum atomic E-state index is -0.0430. The van der Waals surface area contributed by atoms with Crippen molar-refractivity contribution in [2.45, 2.75) is 31.3 Å². The number of carbonyl (C=O) groups excluding carboxylic acids is 1. The molecule has 33 heavy (non-hydrogen) atoms. The van der Waals surface area contributed by atoms with Crippen LogP contribution in [-0.2, 0) is 11.2 Å². The Morgan fingerprint density at radius 2 is 1.82 bits per heavy atom. The summed E-state index contributed by atoms with van der Waals surface area (Å²) in [5, 5.41) is 7.10. The molecule has 0 spiro atoms. The minimum absolute atomic E-state index is 0.000946. The third-order valence-electron chi connectivity index (χ3n) is 6.10. The van der Waals surface area contributed by atoms with Crippen molar-refractivity contribution in [1.29, 1.82) is 0 Å². The molecule has 2 amide bonds. The number of amides is 2. The zero-order chi connectivity index (χ0) is 22.5. The molecule has 0 aliphatic carbocycles. The third kappa shape index (κ3) is 5.34. The molecule has 172 valence electrons. The van der Waals surface area contributed by atoms with Crippen LogP contribution >= 0.6 is 0 Å². The van der Waals surface area contributed by atoms with Crippen LogP contribution in [0.1, 0.15) is 30.2 Å². The fourth-order valence-electron chi connectivity index (χ4n) is 4.09. The molecule has 2 saturated heterocycles. The summed E-state index contributed by atoms with van der Waals surface area (Å²) in [4.78, 5) is 18.6. The van der Waals surface area contributed by atoms with Gasteiger partial charge in [-0.1, -0.05) is 35.5 Å². The van der Waals surface area contributed by atoms with E-state index in [1.165, 1.54) is 5.56 Å². The highest BCUT2D eigenvalue weighted by atomic mass is 16.5. The highest BCUT2D eigenvalue weighted by Crippen LogP contribution is 2.28. The van der Waals surface area contributed by atoms with Crippen LogP contribution < -0.4 is 10.1 Å². The van der Waals surface area contributed by atoms with Crippen LogP contribution in [0.25, 0.3) is 11.4 Å². The van der Waals surface area contributed by atoms with E-state index in [1.807, 2.05) is 42.5 Å². The number of likely N-dealkylation sites (tertiary alicyclic amines) is 1. The molecule has 2 aromatic carbocycles. The quantitative estimate of drug-likeness (QED) is 0.594. The summed E-state index contributed by atoms with van der Waals surface area (Å²) >= 11 is 0. The Hall–Kier alpha value is -3.39. The zero-order valence-electron chi connectivity index (χ0n) is 18.5. The van der Waals surface area contributed by atoms with Gasteiger partial charge >= 0.3 is 6.03 Å². The van der Waals surface area contributed by atoms with Crippen LogP contribution in [0, 0.1) is 0 Å². The Kier molecular flexibility index (Phi) is 6.53. The Balaban J connectivity index is 1.06. The smallest absolute Gasteiger partial charge is 0.317 e. The summed E-state index contributed by atoms with van der Waals surface area (Å²) in [6.07, 6.45) is 2.65. The van der Waals surface area contributed by atoms with E-state index in [4.69, 9.17) is 14.0 Å². The summed E-state index contributed by atoms with van der Waals surface area (Å²) in [6, 6.07) is 17.8. The summed E-state index contributed by atoms with van der Waals surface area (Å²) in [5.41, 5.74) is 2.10. The van der Waals surface area contributed by atoms with E-state index in [-0.39, 0.29) is 18.1 Å². The van der Waals surface area contributed by atoms with Gasteiger partial charge in [-0.15, -0.1) is 0 Å². The Morgan fingerprint density at radius 3 is 2.58 bits per heavy atom. The van der Waals surface area contributed by atoms with Crippen molar-refractivity contribution in [3.05, 3.63) is 66.1 Å². The van der Waals surface area contributed by atoms with Gasteiger partial charge in [0, 0.05) is 31.2 Å². The number of benzene rings is 2. The molecule has 0 atom stereocenters. The summed E-state index contributed by atoms with van der Waals surface area (Å²) in [5.74, 6) is 2.32. The molecular weight excluding hydrogens is 420 g/mol. The first-order valence-electron chi connectivity index (χ1n) is 11.5. The molecule has 1 aromatic heterocycles. The molecule has 0 unspecified atom stereocenters. The van der Waals surface area contributed by atoms with Gasteiger partial charge in [-0.25, -0.2) is 4.79 Å². The van der Waals surface area contributed by atoms with Gasteiger partial charge in [-0.05, 0) is 49.1 Å². The van der Waals surface area contributed by atoms with E-state index >= 15 is 0 Å². The van der Waals surface area contributed by atoms with Gasteiger partial charge in [0.25, 0.3) is 0 Å². The molecule has 0 bridgehead atoms. The minimum Gasteiger partial charge on any atom is -0.487 e. The van der Waals surface area contributed by atoms with E-state index in [0.717, 1.165) is 43.8 Å². The van der Waals surface area contributed by atoms with Crippen molar-refractivity contribution in [1.82, 2.24) is 20.4 Å². The number of nitrogens with zero attached hydrogens (tertiary/aromatic N) is 3. The van der Waals surface area contributed by atoms with E-state index in [2.05, 4.69) is 27.6 Å². The Labute approximate surface area is 192 Å². The zero-order valence-corrected chi connectivity index (χ0v) is 18.5. The average molecular weight is 449 g/mol. The Morgan fingerprint density at radius 1 is 1.06 bits per heavy atom. The highest BCUT2D eigenvalue weighted by molar-refractivity contribution is 5.75. The molecule has 0 radical (unpaired) electrons. The number of hydrogen-bond donors (Lipinski definition) is 1. The molecule has 2 fully saturated rings. The third-order valence-corrected chi connectivity index (χ3v) is 6.10. The predicted octanol–water partition coefficient (Wildman–Crippen LogP) is 3.65. The van der Waals surface area contributed by atoms with Gasteiger partial charge in [0.05, 0.1) is 13.1 Å². The van der Waals surface area contributed by atoms with Gasteiger partial charge in [0.1, 0.15) is 11.9 Å². The number of urea groups is 1. The van der Waals surface area contributed by atoms with Crippen molar-refractivity contribution in [3.8, 4) is 17.1 Å². The fraction of sp³-hybridized carbons (Fsp3) is 0.400. The molecule has 3 aromatic rings. The maximum absolute atomic E-state index is 12.3. The lowest BCUT2D eigenvalue weighted by Gasteiger charge is -2.38. The summed E-state index contributed by atoms with van der Waals surface area (Å²) < 4.78 is 16.9. The number of nitrogens with one attached hydrogen (secondary N) is 1. The maximum atomic E-state index is 12.3. The van der Waals surface area contributed by atoms with Crippen LogP contribution in [0.4, 0.5) is 4.79 Å². The highest BCUT2D eigenvalue weighted by Gasteiger charge is 2.32. The molecular formula is C25H28N4O4. The summed E-state index contributed by atoms with van der Waals surface area (Å²) in [6.45, 7) is 3.26. The Bertz CT molecular complexity index is 1040. The van der Waals surface area contributed by atoms with Gasteiger partial charge in [-0.2, -0.15) is 4.98 Å². The van der Waals surface area contributed by atoms with E-state index in [9.17, 15) is 4.79 Å². The lowest BCUT2D eigenvalue weighted by Crippen LogP contribution is -2.59. The van der Waals surface area contributed by atoms with Gasteiger partial charge in [-0.3, -0.25) is 0 Å². The largest absolute Gasteiger partial charge is 0.487 e. The molecule has 1 N–H and O–H groups in total. The summed E-state index contributed by atoms with van der Waals surface area (Å²) in [7, 11) is 0. The van der Waals surface area contributed by atoms with Crippen LogP contribution in [0.2, 0.25) is 0 Å². The molecule has 8 nitrogen and oxygen atoms in total. The second-order valence-corrected chi connectivity index (χ2v) is 8.48. The van der Waals surface area contributed by atoms with Crippen LogP contribution in [0.15, 0.2) is 59.1 Å². The normalized spacial score (nSPS) is 16.9. The lowest BCUT2D eigenvalue weighted by atomic mass is 10.0. The first kappa shape index (κ1) is 21.5. The molecule has 3 heterocycles. The van der Waals surface area contributed by atoms with Gasteiger partial charge in [0.15, 0.2) is 0 Å². The van der Waals surface area contributed by atoms with Gasteiger partial charge in [0.2, 0.25) is 11.7 Å². The second-order valence-electron chi connectivity index (χ2n) is 8.48. The van der Waals surface area contributed by atoms with Crippen LogP contribution in [0.3, 0.4) is 0 Å². The van der Waals surface area contributed by atoms with Crippen molar-refractivity contribution >= 4 is 6.03 Å². The monoisotopic (exact) mass is 448 g/mol. The number of carbonyl (C=O) groups is 1. The van der Waals surface area contributed by atoms with E-state index in [0.29, 0.717) is 31.3 Å². The number of rotatable bonds is 7. The fourth-order valence-corrected chi connectivity index (χ4v) is 4.09. The average Bonchev–Trinajstić information content (AvgIpc) is 3.33. The number of aromatic nitrogens is 2. The molecule has 5 rings (SSSR count). The molecule has 2 aliphatic heterocycles. The number of hydrogen-bond acceptors (Lipinski definition) is 6. The first-order valence-corrected chi connectivity index (χ1v) is 11.5. The van der Waals surface area contributed by atoms with Crippen LogP contribution in [-0.4, -0.2) is 60.0 Å². The molecule has 0 saturated carbocycles. The second kappa shape index (κ2) is 10.0.